The van der Waals surface area contributed by atoms with Gasteiger partial charge in [-0.25, -0.2) is 4.39 Å². The summed E-state index contributed by atoms with van der Waals surface area (Å²) in [6.07, 6.45) is 0. The van der Waals surface area contributed by atoms with E-state index in [0.717, 1.165) is 5.56 Å². The van der Waals surface area contributed by atoms with Crippen LogP contribution in [0.3, 0.4) is 0 Å². The fraction of sp³-hybridized carbons (Fsp3) is 0.143. The maximum Gasteiger partial charge on any atom is 0.141 e. The zero-order valence-corrected chi connectivity index (χ0v) is 6.03. The molecule has 1 aromatic rings. The van der Waals surface area contributed by atoms with E-state index in [2.05, 4.69) is 0 Å². The summed E-state index contributed by atoms with van der Waals surface area (Å²) in [4.78, 5) is 0. The Balaban J connectivity index is 3.04. The quantitative estimate of drug-likeness (QED) is 0.666. The third-order valence-electron chi connectivity index (χ3n) is 1.22. The summed E-state index contributed by atoms with van der Waals surface area (Å²) < 4.78 is 12.5. The average molecular weight is 160 g/mol. The summed E-state index contributed by atoms with van der Waals surface area (Å²) in [6, 6.07) is 4.45. The van der Waals surface area contributed by atoms with E-state index < -0.39 is 5.82 Å². The molecule has 0 radical (unpaired) electrons. The van der Waals surface area contributed by atoms with Crippen LogP contribution in [0.25, 0.3) is 0 Å². The molecule has 1 aromatic carbocycles. The highest BCUT2D eigenvalue weighted by atomic mass is 35.5. The Kier molecular flexibility index (Phi) is 2.25. The highest BCUT2D eigenvalue weighted by Crippen LogP contribution is 2.15. The van der Waals surface area contributed by atoms with Crippen LogP contribution in [0.15, 0.2) is 18.2 Å². The normalized spacial score (nSPS) is 9.90. The first-order valence-corrected chi connectivity index (χ1v) is 3.26. The van der Waals surface area contributed by atoms with Crippen molar-refractivity contribution in [3.05, 3.63) is 34.6 Å². The SMILES string of the molecule is NCc1ccc(F)c(Cl)c1. The van der Waals surface area contributed by atoms with Crippen LogP contribution in [0.1, 0.15) is 5.56 Å². The predicted octanol–water partition coefficient (Wildman–Crippen LogP) is 1.94. The van der Waals surface area contributed by atoms with Crippen molar-refractivity contribution in [1.29, 1.82) is 0 Å². The molecule has 0 aliphatic carbocycles. The van der Waals surface area contributed by atoms with Gasteiger partial charge < -0.3 is 5.73 Å². The van der Waals surface area contributed by atoms with Gasteiger partial charge in [0.15, 0.2) is 0 Å². The van der Waals surface area contributed by atoms with Gasteiger partial charge in [0.25, 0.3) is 0 Å². The van der Waals surface area contributed by atoms with E-state index in [-0.39, 0.29) is 5.02 Å². The molecule has 2 N–H and O–H groups in total. The zero-order valence-electron chi connectivity index (χ0n) is 5.27. The molecule has 54 valence electrons. The summed E-state index contributed by atoms with van der Waals surface area (Å²) >= 11 is 5.46. The van der Waals surface area contributed by atoms with Gasteiger partial charge in [0.2, 0.25) is 0 Å². The molecule has 0 spiro atoms. The van der Waals surface area contributed by atoms with Crippen LogP contribution in [0, 0.1) is 5.82 Å². The van der Waals surface area contributed by atoms with Crippen molar-refractivity contribution >= 4 is 11.6 Å². The average Bonchev–Trinajstić information content (AvgIpc) is 1.95. The van der Waals surface area contributed by atoms with Crippen molar-refractivity contribution in [3.63, 3.8) is 0 Å². The Labute approximate surface area is 63.6 Å². The first kappa shape index (κ1) is 7.51. The highest BCUT2D eigenvalue weighted by molar-refractivity contribution is 6.30. The number of hydrogen-bond acceptors (Lipinski definition) is 1. The van der Waals surface area contributed by atoms with Crippen LogP contribution in [-0.2, 0) is 6.54 Å². The Morgan fingerprint density at radius 3 is 2.70 bits per heavy atom. The number of halogens is 2. The minimum absolute atomic E-state index is 0.128. The Morgan fingerprint density at radius 1 is 1.50 bits per heavy atom. The van der Waals surface area contributed by atoms with E-state index >= 15 is 0 Å². The molecule has 3 heteroatoms. The van der Waals surface area contributed by atoms with Gasteiger partial charge in [-0.1, -0.05) is 17.7 Å². The van der Waals surface area contributed by atoms with E-state index in [9.17, 15) is 4.39 Å². The van der Waals surface area contributed by atoms with Crippen LogP contribution < -0.4 is 5.73 Å². The van der Waals surface area contributed by atoms with Gasteiger partial charge in [0.05, 0.1) is 5.02 Å². The monoisotopic (exact) mass is 159 g/mol. The molecular weight excluding hydrogens is 153 g/mol. The lowest BCUT2D eigenvalue weighted by Crippen LogP contribution is -1.95. The summed E-state index contributed by atoms with van der Waals surface area (Å²) in [7, 11) is 0. The molecule has 0 unspecified atom stereocenters. The molecule has 1 rings (SSSR count). The lowest BCUT2D eigenvalue weighted by molar-refractivity contribution is 0.627. The second kappa shape index (κ2) is 2.99. The maximum atomic E-state index is 12.5. The van der Waals surface area contributed by atoms with Crippen molar-refractivity contribution in [2.45, 2.75) is 6.54 Å². The lowest BCUT2D eigenvalue weighted by Gasteiger charge is -1.96. The van der Waals surface area contributed by atoms with Crippen molar-refractivity contribution in [2.24, 2.45) is 5.73 Å². The lowest BCUT2D eigenvalue weighted by atomic mass is 10.2. The second-order valence-corrected chi connectivity index (χ2v) is 2.36. The minimum Gasteiger partial charge on any atom is -0.326 e. The third kappa shape index (κ3) is 1.46. The highest BCUT2D eigenvalue weighted by Gasteiger charge is 1.97. The van der Waals surface area contributed by atoms with Crippen LogP contribution in [-0.4, -0.2) is 0 Å². The maximum absolute atomic E-state index is 12.5. The molecule has 0 aliphatic rings. The standard InChI is InChI=1S/C7H7ClFN/c8-6-3-5(4-10)1-2-7(6)9/h1-3H,4,10H2. The molecule has 1 nitrogen and oxygen atoms in total. The van der Waals surface area contributed by atoms with E-state index in [1.165, 1.54) is 12.1 Å². The van der Waals surface area contributed by atoms with Gasteiger partial charge in [-0.15, -0.1) is 0 Å². The Morgan fingerprint density at radius 2 is 2.20 bits per heavy atom. The summed E-state index contributed by atoms with van der Waals surface area (Å²) in [6.45, 7) is 0.389. The fourth-order valence-electron chi connectivity index (χ4n) is 0.667. The van der Waals surface area contributed by atoms with E-state index in [1.54, 1.807) is 6.07 Å². The smallest absolute Gasteiger partial charge is 0.141 e. The van der Waals surface area contributed by atoms with Crippen molar-refractivity contribution in [1.82, 2.24) is 0 Å². The minimum atomic E-state index is -0.404. The fourth-order valence-corrected chi connectivity index (χ4v) is 0.870. The molecule has 0 aliphatic heterocycles. The molecule has 0 saturated heterocycles. The first-order valence-electron chi connectivity index (χ1n) is 2.88. The first-order chi connectivity index (χ1) is 4.74. The van der Waals surface area contributed by atoms with Gasteiger partial charge in [-0.3, -0.25) is 0 Å². The summed E-state index contributed by atoms with van der Waals surface area (Å²) in [5, 5.41) is 0.128. The second-order valence-electron chi connectivity index (χ2n) is 1.95. The van der Waals surface area contributed by atoms with Gasteiger partial charge in [-0.2, -0.15) is 0 Å². The van der Waals surface area contributed by atoms with Crippen LogP contribution in [0.2, 0.25) is 5.02 Å². The van der Waals surface area contributed by atoms with Gasteiger partial charge >= 0.3 is 0 Å². The third-order valence-corrected chi connectivity index (χ3v) is 1.51. The van der Waals surface area contributed by atoms with Crippen molar-refractivity contribution < 1.29 is 4.39 Å². The van der Waals surface area contributed by atoms with E-state index in [1.807, 2.05) is 0 Å². The van der Waals surface area contributed by atoms with Crippen LogP contribution in [0.5, 0.6) is 0 Å². The predicted molar refractivity (Wildman–Crippen MR) is 39.3 cm³/mol. The summed E-state index contributed by atoms with van der Waals surface area (Å²) in [5.74, 6) is -0.404. The van der Waals surface area contributed by atoms with E-state index in [4.69, 9.17) is 17.3 Å². The zero-order chi connectivity index (χ0) is 7.56. The number of hydrogen-bond donors (Lipinski definition) is 1. The number of nitrogens with two attached hydrogens (primary N) is 1. The molecule has 0 saturated carbocycles. The molecule has 0 atom stereocenters. The Hall–Kier alpha value is -0.600. The molecular formula is C7H7ClFN. The Bertz CT molecular complexity index is 237. The van der Waals surface area contributed by atoms with Crippen LogP contribution in [0.4, 0.5) is 4.39 Å². The summed E-state index contributed by atoms with van der Waals surface area (Å²) in [5.41, 5.74) is 6.13. The van der Waals surface area contributed by atoms with Gasteiger partial charge in [0, 0.05) is 6.54 Å². The van der Waals surface area contributed by atoms with Crippen molar-refractivity contribution in [3.8, 4) is 0 Å². The van der Waals surface area contributed by atoms with E-state index in [0.29, 0.717) is 6.54 Å². The molecule has 0 aromatic heterocycles. The molecule has 0 amide bonds. The van der Waals surface area contributed by atoms with Gasteiger partial charge in [0.1, 0.15) is 5.82 Å². The molecule has 0 bridgehead atoms. The van der Waals surface area contributed by atoms with Gasteiger partial charge in [-0.05, 0) is 17.7 Å². The molecule has 0 heterocycles. The topological polar surface area (TPSA) is 26.0 Å². The van der Waals surface area contributed by atoms with Crippen molar-refractivity contribution in [2.75, 3.05) is 0 Å². The molecule has 10 heavy (non-hydrogen) atoms. The number of rotatable bonds is 1. The molecule has 0 fully saturated rings. The number of benzene rings is 1. The largest absolute Gasteiger partial charge is 0.326 e. The van der Waals surface area contributed by atoms with Crippen LogP contribution >= 0.6 is 11.6 Å².